The van der Waals surface area contributed by atoms with Gasteiger partial charge in [-0.05, 0) is 29.8 Å². The summed E-state index contributed by atoms with van der Waals surface area (Å²) in [5.41, 5.74) is 6.99. The summed E-state index contributed by atoms with van der Waals surface area (Å²) in [6.45, 7) is 2.04. The highest BCUT2D eigenvalue weighted by Crippen LogP contribution is 2.28. The standard InChI is InChI=1S/C13H13Cl2NO/c1-2-9-4-6-12(17-9)13(16)8-3-5-10(14)11(15)7-8/h3-7,13H,2,16H2,1H3. The van der Waals surface area contributed by atoms with Crippen molar-refractivity contribution in [1.82, 2.24) is 0 Å². The van der Waals surface area contributed by atoms with Crippen molar-refractivity contribution in [1.29, 1.82) is 0 Å². The van der Waals surface area contributed by atoms with Crippen LogP contribution in [-0.2, 0) is 6.42 Å². The Morgan fingerprint density at radius 3 is 2.53 bits per heavy atom. The Labute approximate surface area is 110 Å². The van der Waals surface area contributed by atoms with Gasteiger partial charge in [-0.1, -0.05) is 36.2 Å². The maximum absolute atomic E-state index is 6.11. The van der Waals surface area contributed by atoms with Gasteiger partial charge in [0.15, 0.2) is 0 Å². The Balaban J connectivity index is 2.29. The molecule has 1 heterocycles. The van der Waals surface area contributed by atoms with Crippen molar-refractivity contribution in [3.63, 3.8) is 0 Å². The normalized spacial score (nSPS) is 12.7. The minimum Gasteiger partial charge on any atom is -0.464 e. The van der Waals surface area contributed by atoms with Crippen LogP contribution in [0.3, 0.4) is 0 Å². The van der Waals surface area contributed by atoms with Gasteiger partial charge >= 0.3 is 0 Å². The highest BCUT2D eigenvalue weighted by molar-refractivity contribution is 6.42. The van der Waals surface area contributed by atoms with E-state index in [9.17, 15) is 0 Å². The van der Waals surface area contributed by atoms with E-state index in [2.05, 4.69) is 0 Å². The molecule has 0 saturated carbocycles. The number of hydrogen-bond acceptors (Lipinski definition) is 2. The van der Waals surface area contributed by atoms with Crippen LogP contribution in [0.5, 0.6) is 0 Å². The number of hydrogen-bond donors (Lipinski definition) is 1. The molecular formula is C13H13Cl2NO. The zero-order valence-electron chi connectivity index (χ0n) is 9.41. The molecule has 0 saturated heterocycles. The Morgan fingerprint density at radius 2 is 1.94 bits per heavy atom. The van der Waals surface area contributed by atoms with Gasteiger partial charge < -0.3 is 10.2 Å². The minimum absolute atomic E-state index is 0.315. The van der Waals surface area contributed by atoms with Crippen molar-refractivity contribution in [2.24, 2.45) is 5.73 Å². The van der Waals surface area contributed by atoms with Crippen LogP contribution in [0.2, 0.25) is 10.0 Å². The van der Waals surface area contributed by atoms with Gasteiger partial charge in [0.25, 0.3) is 0 Å². The topological polar surface area (TPSA) is 39.2 Å². The number of nitrogens with two attached hydrogens (primary N) is 1. The average molecular weight is 270 g/mol. The van der Waals surface area contributed by atoms with E-state index in [1.165, 1.54) is 0 Å². The number of benzene rings is 1. The molecule has 2 N–H and O–H groups in total. The van der Waals surface area contributed by atoms with Crippen LogP contribution in [-0.4, -0.2) is 0 Å². The van der Waals surface area contributed by atoms with Crippen LogP contribution < -0.4 is 5.73 Å². The van der Waals surface area contributed by atoms with Gasteiger partial charge in [-0.15, -0.1) is 0 Å². The predicted octanol–water partition coefficient (Wildman–Crippen LogP) is 4.20. The molecule has 1 aromatic carbocycles. The van der Waals surface area contributed by atoms with E-state index in [1.807, 2.05) is 25.1 Å². The summed E-state index contributed by atoms with van der Waals surface area (Å²) in [6.07, 6.45) is 0.855. The third kappa shape index (κ3) is 2.65. The van der Waals surface area contributed by atoms with E-state index in [0.717, 1.165) is 23.5 Å². The molecule has 0 spiro atoms. The number of aryl methyl sites for hydroxylation is 1. The first kappa shape index (κ1) is 12.5. The van der Waals surface area contributed by atoms with Gasteiger partial charge in [0.2, 0.25) is 0 Å². The lowest BCUT2D eigenvalue weighted by Crippen LogP contribution is -2.10. The van der Waals surface area contributed by atoms with E-state index >= 15 is 0 Å². The summed E-state index contributed by atoms with van der Waals surface area (Å²) in [5, 5.41) is 1.03. The summed E-state index contributed by atoms with van der Waals surface area (Å²) in [4.78, 5) is 0. The Hall–Kier alpha value is -0.960. The van der Waals surface area contributed by atoms with E-state index in [4.69, 9.17) is 33.4 Å². The summed E-state index contributed by atoms with van der Waals surface area (Å²) < 4.78 is 5.62. The lowest BCUT2D eigenvalue weighted by atomic mass is 10.1. The van der Waals surface area contributed by atoms with Gasteiger partial charge in [-0.3, -0.25) is 0 Å². The van der Waals surface area contributed by atoms with Gasteiger partial charge in [-0.25, -0.2) is 0 Å². The van der Waals surface area contributed by atoms with E-state index in [-0.39, 0.29) is 6.04 Å². The maximum atomic E-state index is 6.11. The van der Waals surface area contributed by atoms with Crippen LogP contribution in [0.1, 0.15) is 30.0 Å². The third-order valence-corrected chi connectivity index (χ3v) is 3.38. The fraction of sp³-hybridized carbons (Fsp3) is 0.231. The van der Waals surface area contributed by atoms with Gasteiger partial charge in [0, 0.05) is 6.42 Å². The number of rotatable bonds is 3. The average Bonchev–Trinajstić information content (AvgIpc) is 2.80. The van der Waals surface area contributed by atoms with Crippen molar-refractivity contribution in [2.45, 2.75) is 19.4 Å². The summed E-state index contributed by atoms with van der Waals surface area (Å²) in [6, 6.07) is 8.88. The number of halogens is 2. The maximum Gasteiger partial charge on any atom is 0.125 e. The first-order valence-electron chi connectivity index (χ1n) is 5.41. The Morgan fingerprint density at radius 1 is 1.18 bits per heavy atom. The fourth-order valence-electron chi connectivity index (χ4n) is 1.62. The molecule has 0 bridgehead atoms. The molecule has 0 amide bonds. The Kier molecular flexibility index (Phi) is 3.77. The van der Waals surface area contributed by atoms with Crippen LogP contribution in [0.15, 0.2) is 34.7 Å². The van der Waals surface area contributed by atoms with E-state index < -0.39 is 0 Å². The molecule has 0 radical (unpaired) electrons. The monoisotopic (exact) mass is 269 g/mol. The molecule has 2 nitrogen and oxygen atoms in total. The molecule has 17 heavy (non-hydrogen) atoms. The highest BCUT2D eigenvalue weighted by atomic mass is 35.5. The zero-order chi connectivity index (χ0) is 12.4. The SMILES string of the molecule is CCc1ccc(C(N)c2ccc(Cl)c(Cl)c2)o1. The predicted molar refractivity (Wildman–Crippen MR) is 70.6 cm³/mol. The van der Waals surface area contributed by atoms with Crippen LogP contribution >= 0.6 is 23.2 Å². The summed E-state index contributed by atoms with van der Waals surface area (Å²) in [7, 11) is 0. The molecular weight excluding hydrogens is 257 g/mol. The summed E-state index contributed by atoms with van der Waals surface area (Å²) in [5.74, 6) is 1.66. The van der Waals surface area contributed by atoms with Crippen LogP contribution in [0.4, 0.5) is 0 Å². The Bertz CT molecular complexity index is 522. The quantitative estimate of drug-likeness (QED) is 0.907. The second-order valence-corrected chi connectivity index (χ2v) is 4.62. The van der Waals surface area contributed by atoms with Gasteiger partial charge in [0.05, 0.1) is 16.1 Å². The van der Waals surface area contributed by atoms with Crippen molar-refractivity contribution in [3.05, 3.63) is 57.5 Å². The van der Waals surface area contributed by atoms with Crippen molar-refractivity contribution in [3.8, 4) is 0 Å². The highest BCUT2D eigenvalue weighted by Gasteiger charge is 2.14. The van der Waals surface area contributed by atoms with E-state index in [1.54, 1.807) is 12.1 Å². The minimum atomic E-state index is -0.315. The molecule has 2 rings (SSSR count). The van der Waals surface area contributed by atoms with Crippen LogP contribution in [0, 0.1) is 0 Å². The van der Waals surface area contributed by atoms with Gasteiger partial charge in [0.1, 0.15) is 11.5 Å². The molecule has 1 unspecified atom stereocenters. The number of furan rings is 1. The molecule has 90 valence electrons. The summed E-state index contributed by atoms with van der Waals surface area (Å²) >= 11 is 11.8. The largest absolute Gasteiger partial charge is 0.464 e. The first-order chi connectivity index (χ1) is 8.11. The third-order valence-electron chi connectivity index (χ3n) is 2.64. The van der Waals surface area contributed by atoms with E-state index in [0.29, 0.717) is 10.0 Å². The lowest BCUT2D eigenvalue weighted by molar-refractivity contribution is 0.454. The molecule has 2 aromatic rings. The molecule has 0 fully saturated rings. The molecule has 1 atom stereocenters. The fourth-order valence-corrected chi connectivity index (χ4v) is 1.93. The molecule has 0 aliphatic rings. The van der Waals surface area contributed by atoms with Crippen molar-refractivity contribution >= 4 is 23.2 Å². The molecule has 1 aromatic heterocycles. The molecule has 0 aliphatic carbocycles. The van der Waals surface area contributed by atoms with Crippen LogP contribution in [0.25, 0.3) is 0 Å². The molecule has 0 aliphatic heterocycles. The second-order valence-electron chi connectivity index (χ2n) is 3.81. The zero-order valence-corrected chi connectivity index (χ0v) is 10.9. The van der Waals surface area contributed by atoms with Gasteiger partial charge in [-0.2, -0.15) is 0 Å². The first-order valence-corrected chi connectivity index (χ1v) is 6.16. The van der Waals surface area contributed by atoms with Crippen molar-refractivity contribution < 1.29 is 4.42 Å². The lowest BCUT2D eigenvalue weighted by Gasteiger charge is -2.10. The molecule has 4 heteroatoms. The second kappa shape index (κ2) is 5.13. The van der Waals surface area contributed by atoms with Crippen molar-refractivity contribution in [2.75, 3.05) is 0 Å². The smallest absolute Gasteiger partial charge is 0.125 e.